The lowest BCUT2D eigenvalue weighted by Gasteiger charge is -2.32. The lowest BCUT2D eigenvalue weighted by Crippen LogP contribution is -2.50. The minimum absolute atomic E-state index is 0.0439. The minimum Gasteiger partial charge on any atom is -0.353 e. The van der Waals surface area contributed by atoms with Gasteiger partial charge in [0, 0.05) is 12.5 Å². The highest BCUT2D eigenvalue weighted by molar-refractivity contribution is 5.87. The molecule has 26 heavy (non-hydrogen) atoms. The van der Waals surface area contributed by atoms with E-state index in [-0.39, 0.29) is 30.2 Å². The Kier molecular flexibility index (Phi) is 5.89. The first-order valence-corrected chi connectivity index (χ1v) is 9.12. The summed E-state index contributed by atoms with van der Waals surface area (Å²) in [5.74, 6) is -0.439. The second-order valence-electron chi connectivity index (χ2n) is 6.69. The Labute approximate surface area is 154 Å². The van der Waals surface area contributed by atoms with Crippen LogP contribution >= 0.6 is 0 Å². The fourth-order valence-electron chi connectivity index (χ4n) is 3.26. The monoisotopic (exact) mass is 351 g/mol. The molecular weight excluding hydrogens is 326 g/mol. The molecular formula is C21H25N3O2. The van der Waals surface area contributed by atoms with Crippen molar-refractivity contribution in [1.82, 2.24) is 10.7 Å². The van der Waals surface area contributed by atoms with Gasteiger partial charge in [-0.15, -0.1) is 0 Å². The molecule has 0 radical (unpaired) electrons. The van der Waals surface area contributed by atoms with E-state index in [4.69, 9.17) is 0 Å². The van der Waals surface area contributed by atoms with Gasteiger partial charge in [0.15, 0.2) is 0 Å². The van der Waals surface area contributed by atoms with Crippen molar-refractivity contribution in [3.05, 3.63) is 66.2 Å². The quantitative estimate of drug-likeness (QED) is 0.787. The average molecular weight is 351 g/mol. The number of amides is 2. The van der Waals surface area contributed by atoms with Gasteiger partial charge in [0.05, 0.1) is 18.2 Å². The molecule has 1 heterocycles. The zero-order valence-corrected chi connectivity index (χ0v) is 15.0. The van der Waals surface area contributed by atoms with Gasteiger partial charge in [0.1, 0.15) is 0 Å². The van der Waals surface area contributed by atoms with Crippen LogP contribution in [-0.4, -0.2) is 17.9 Å². The molecule has 2 aromatic rings. The third-order valence-corrected chi connectivity index (χ3v) is 4.73. The van der Waals surface area contributed by atoms with E-state index in [9.17, 15) is 9.59 Å². The lowest BCUT2D eigenvalue weighted by atomic mass is 9.90. The summed E-state index contributed by atoms with van der Waals surface area (Å²) in [4.78, 5) is 24.7. The van der Waals surface area contributed by atoms with Crippen LogP contribution in [0.2, 0.25) is 0 Å². The van der Waals surface area contributed by atoms with Crippen molar-refractivity contribution >= 4 is 17.5 Å². The smallest absolute Gasteiger partial charge is 0.242 e. The Morgan fingerprint density at radius 3 is 2.42 bits per heavy atom. The van der Waals surface area contributed by atoms with Gasteiger partial charge in [-0.3, -0.25) is 20.0 Å². The molecule has 1 fully saturated rings. The summed E-state index contributed by atoms with van der Waals surface area (Å²) in [6, 6.07) is 19.8. The maximum Gasteiger partial charge on any atom is 0.242 e. The van der Waals surface area contributed by atoms with Crippen molar-refractivity contribution in [3.8, 4) is 0 Å². The van der Waals surface area contributed by atoms with E-state index in [1.807, 2.05) is 72.6 Å². The van der Waals surface area contributed by atoms with Crippen LogP contribution in [0.1, 0.15) is 31.7 Å². The molecule has 0 saturated carbocycles. The number of carbonyl (C=O) groups excluding carboxylic acids is 2. The molecule has 1 aliphatic rings. The number of benzene rings is 2. The van der Waals surface area contributed by atoms with Crippen LogP contribution in [0, 0.1) is 5.92 Å². The van der Waals surface area contributed by atoms with Crippen LogP contribution in [0.4, 0.5) is 5.69 Å². The van der Waals surface area contributed by atoms with Crippen LogP contribution in [0.3, 0.4) is 0 Å². The number of nitrogens with zero attached hydrogens (tertiary/aromatic N) is 1. The highest BCUT2D eigenvalue weighted by Gasteiger charge is 2.31. The molecule has 1 aliphatic heterocycles. The van der Waals surface area contributed by atoms with Gasteiger partial charge in [-0.2, -0.15) is 0 Å². The summed E-state index contributed by atoms with van der Waals surface area (Å²) in [5, 5.41) is 4.80. The van der Waals surface area contributed by atoms with Gasteiger partial charge in [-0.25, -0.2) is 0 Å². The number of anilines is 1. The van der Waals surface area contributed by atoms with Gasteiger partial charge in [0.25, 0.3) is 0 Å². The largest absolute Gasteiger partial charge is 0.353 e. The summed E-state index contributed by atoms with van der Waals surface area (Å²) in [5.41, 5.74) is 5.05. The average Bonchev–Trinajstić information content (AvgIpc) is 2.68. The van der Waals surface area contributed by atoms with Crippen molar-refractivity contribution in [2.24, 2.45) is 5.92 Å². The first kappa shape index (κ1) is 18.0. The Morgan fingerprint density at radius 1 is 1.12 bits per heavy atom. The van der Waals surface area contributed by atoms with Gasteiger partial charge < -0.3 is 5.32 Å². The number of rotatable bonds is 6. The maximum atomic E-state index is 12.8. The molecule has 2 N–H and O–H groups in total. The van der Waals surface area contributed by atoms with Crippen LogP contribution < -0.4 is 15.8 Å². The van der Waals surface area contributed by atoms with Crippen LogP contribution in [-0.2, 0) is 16.1 Å². The summed E-state index contributed by atoms with van der Waals surface area (Å²) in [7, 11) is 0. The zero-order valence-electron chi connectivity index (χ0n) is 15.0. The predicted molar refractivity (Wildman–Crippen MR) is 102 cm³/mol. The van der Waals surface area contributed by atoms with Gasteiger partial charge in [-0.1, -0.05) is 55.5 Å². The fraction of sp³-hybridized carbons (Fsp3) is 0.333. The van der Waals surface area contributed by atoms with Gasteiger partial charge in [0.2, 0.25) is 11.8 Å². The number of nitrogens with one attached hydrogen (secondary N) is 2. The third kappa shape index (κ3) is 4.63. The normalized spacial score (nSPS) is 19.5. The van der Waals surface area contributed by atoms with Crippen molar-refractivity contribution < 1.29 is 9.59 Å². The number of hydrogen-bond donors (Lipinski definition) is 2. The topological polar surface area (TPSA) is 61.4 Å². The fourth-order valence-corrected chi connectivity index (χ4v) is 3.26. The highest BCUT2D eigenvalue weighted by Crippen LogP contribution is 2.21. The molecule has 2 aromatic carbocycles. The Morgan fingerprint density at radius 2 is 1.77 bits per heavy atom. The molecule has 0 bridgehead atoms. The van der Waals surface area contributed by atoms with Gasteiger partial charge in [-0.05, 0) is 30.5 Å². The standard InChI is InChI=1S/C21H25N3O2/c1-2-18-13-17(14-20(25)22-18)21(26)23-24(19-11-7-4-8-12-19)15-16-9-5-3-6-10-16/h3-12,17-18H,2,13-15H2,1H3,(H,22,25)(H,23,26)/t17-,18+/m0/s1. The van der Waals surface area contributed by atoms with Crippen LogP contribution in [0.5, 0.6) is 0 Å². The number of carbonyl (C=O) groups is 2. The number of para-hydroxylation sites is 1. The summed E-state index contributed by atoms with van der Waals surface area (Å²) >= 11 is 0. The van der Waals surface area contributed by atoms with Crippen molar-refractivity contribution in [1.29, 1.82) is 0 Å². The molecule has 5 nitrogen and oxygen atoms in total. The van der Waals surface area contributed by atoms with Crippen molar-refractivity contribution in [3.63, 3.8) is 0 Å². The molecule has 5 heteroatoms. The second-order valence-corrected chi connectivity index (χ2v) is 6.69. The first-order valence-electron chi connectivity index (χ1n) is 9.12. The summed E-state index contributed by atoms with van der Waals surface area (Å²) in [6.45, 7) is 2.59. The van der Waals surface area contributed by atoms with E-state index in [1.54, 1.807) is 0 Å². The molecule has 2 amide bonds. The molecule has 0 aromatic heterocycles. The second kappa shape index (κ2) is 8.52. The van der Waals surface area contributed by atoms with E-state index in [2.05, 4.69) is 10.7 Å². The SMILES string of the molecule is CC[C@@H]1C[C@H](C(=O)NN(Cc2ccccc2)c2ccccc2)CC(=O)N1. The highest BCUT2D eigenvalue weighted by atomic mass is 16.2. The lowest BCUT2D eigenvalue weighted by molar-refractivity contribution is -0.133. The predicted octanol–water partition coefficient (Wildman–Crippen LogP) is 3.03. The number of hydrazine groups is 1. The minimum atomic E-state index is -0.296. The van der Waals surface area contributed by atoms with Crippen LogP contribution in [0.15, 0.2) is 60.7 Å². The van der Waals surface area contributed by atoms with Crippen molar-refractivity contribution in [2.75, 3.05) is 5.01 Å². The number of hydrogen-bond acceptors (Lipinski definition) is 3. The third-order valence-electron chi connectivity index (χ3n) is 4.73. The number of piperidine rings is 1. The van der Waals surface area contributed by atoms with E-state index in [0.29, 0.717) is 13.0 Å². The molecule has 0 unspecified atom stereocenters. The Bertz CT molecular complexity index is 733. The van der Waals surface area contributed by atoms with E-state index < -0.39 is 0 Å². The van der Waals surface area contributed by atoms with Crippen molar-refractivity contribution in [2.45, 2.75) is 38.8 Å². The molecule has 3 rings (SSSR count). The zero-order chi connectivity index (χ0) is 18.4. The van der Waals surface area contributed by atoms with Gasteiger partial charge >= 0.3 is 0 Å². The summed E-state index contributed by atoms with van der Waals surface area (Å²) < 4.78 is 0. The van der Waals surface area contributed by atoms with E-state index in [1.165, 1.54) is 0 Å². The van der Waals surface area contributed by atoms with E-state index >= 15 is 0 Å². The molecule has 136 valence electrons. The Hall–Kier alpha value is -2.82. The van der Waals surface area contributed by atoms with E-state index in [0.717, 1.165) is 17.7 Å². The molecule has 0 spiro atoms. The summed E-state index contributed by atoms with van der Waals surface area (Å²) in [6.07, 6.45) is 1.76. The Balaban J connectivity index is 1.74. The molecule has 0 aliphatic carbocycles. The maximum absolute atomic E-state index is 12.8. The first-order chi connectivity index (χ1) is 12.7. The molecule has 2 atom stereocenters. The van der Waals surface area contributed by atoms with Crippen LogP contribution in [0.25, 0.3) is 0 Å². The molecule has 1 saturated heterocycles.